The largest absolute Gasteiger partial charge is 0.328 e. The molecule has 0 aliphatic rings. The average Bonchev–Trinajstić information content (AvgIpc) is 2.37. The van der Waals surface area contributed by atoms with E-state index < -0.39 is 11.6 Å². The van der Waals surface area contributed by atoms with Gasteiger partial charge >= 0.3 is 0 Å². The molecule has 0 fully saturated rings. The lowest BCUT2D eigenvalue weighted by Gasteiger charge is -2.07. The Labute approximate surface area is 117 Å². The summed E-state index contributed by atoms with van der Waals surface area (Å²) in [5.74, 6) is -0.963. The van der Waals surface area contributed by atoms with Crippen molar-refractivity contribution in [2.24, 2.45) is 0 Å². The average molecular weight is 292 g/mol. The first-order valence-corrected chi connectivity index (χ1v) is 6.20. The summed E-state index contributed by atoms with van der Waals surface area (Å²) in [6.07, 6.45) is 1.43. The molecule has 20 heavy (non-hydrogen) atoms. The lowest BCUT2D eigenvalue weighted by Crippen LogP contribution is -2.06. The molecule has 0 bridgehead atoms. The van der Waals surface area contributed by atoms with E-state index in [1.54, 1.807) is 6.07 Å². The second kappa shape index (κ2) is 4.72. The smallest absolute Gasteiger partial charge is 0.255 e. The Morgan fingerprint density at radius 1 is 0.950 bits per heavy atom. The molecule has 3 rings (SSSR count). The van der Waals surface area contributed by atoms with Gasteiger partial charge in [0, 0.05) is 22.2 Å². The molecule has 0 saturated carbocycles. The Hall–Kier alpha value is -2.20. The quantitative estimate of drug-likeness (QED) is 0.718. The van der Waals surface area contributed by atoms with Crippen LogP contribution in [-0.4, -0.2) is 4.98 Å². The van der Waals surface area contributed by atoms with E-state index in [0.29, 0.717) is 21.9 Å². The highest BCUT2D eigenvalue weighted by molar-refractivity contribution is 6.30. The molecule has 2 aromatic carbocycles. The summed E-state index contributed by atoms with van der Waals surface area (Å²) in [6, 6.07) is 7.87. The van der Waals surface area contributed by atoms with Gasteiger partial charge in [-0.25, -0.2) is 8.78 Å². The van der Waals surface area contributed by atoms with E-state index >= 15 is 0 Å². The molecule has 0 saturated heterocycles. The van der Waals surface area contributed by atoms with Crippen molar-refractivity contribution < 1.29 is 8.78 Å². The monoisotopic (exact) mass is 291 g/mol. The van der Waals surface area contributed by atoms with Crippen LogP contribution in [0.1, 0.15) is 0 Å². The van der Waals surface area contributed by atoms with Crippen molar-refractivity contribution in [1.82, 2.24) is 4.98 Å². The maximum Gasteiger partial charge on any atom is 0.255 e. The maximum atomic E-state index is 13.4. The highest BCUT2D eigenvalue weighted by Gasteiger charge is 2.09. The molecule has 0 amide bonds. The van der Waals surface area contributed by atoms with Gasteiger partial charge < -0.3 is 4.98 Å². The molecule has 0 aliphatic heterocycles. The summed E-state index contributed by atoms with van der Waals surface area (Å²) < 4.78 is 26.9. The van der Waals surface area contributed by atoms with Gasteiger partial charge in [-0.1, -0.05) is 11.6 Å². The van der Waals surface area contributed by atoms with E-state index in [1.165, 1.54) is 36.5 Å². The maximum absolute atomic E-state index is 13.4. The highest BCUT2D eigenvalue weighted by atomic mass is 35.5. The van der Waals surface area contributed by atoms with Crippen molar-refractivity contribution >= 4 is 22.4 Å². The lowest BCUT2D eigenvalue weighted by atomic mass is 10.0. The van der Waals surface area contributed by atoms with Crippen LogP contribution in [0.15, 0.2) is 47.4 Å². The number of hydrogen-bond acceptors (Lipinski definition) is 1. The zero-order chi connectivity index (χ0) is 14.3. The van der Waals surface area contributed by atoms with E-state index in [-0.39, 0.29) is 10.6 Å². The number of hydrogen-bond donors (Lipinski definition) is 1. The van der Waals surface area contributed by atoms with Crippen LogP contribution in [0.5, 0.6) is 0 Å². The SMILES string of the molecule is O=c1[nH]cc(-c2cc(F)cc(Cl)c2)c2cc(F)ccc12. The number of H-pyrrole nitrogens is 1. The van der Waals surface area contributed by atoms with Crippen LogP contribution in [0.2, 0.25) is 5.02 Å². The van der Waals surface area contributed by atoms with Crippen LogP contribution in [0.25, 0.3) is 21.9 Å². The van der Waals surface area contributed by atoms with E-state index in [0.717, 1.165) is 0 Å². The molecule has 0 aliphatic carbocycles. The Bertz CT molecular complexity index is 853. The van der Waals surface area contributed by atoms with Gasteiger partial charge in [-0.2, -0.15) is 0 Å². The fourth-order valence-electron chi connectivity index (χ4n) is 2.18. The standard InChI is InChI=1S/C15H8ClF2NO/c16-9-3-8(4-11(18)5-9)14-7-19-15(20)12-2-1-10(17)6-13(12)14/h1-7H,(H,19,20). The molecule has 0 radical (unpaired) electrons. The second-order valence-electron chi connectivity index (χ2n) is 4.38. The van der Waals surface area contributed by atoms with Gasteiger partial charge in [0.05, 0.1) is 0 Å². The summed E-state index contributed by atoms with van der Waals surface area (Å²) in [6.45, 7) is 0. The van der Waals surface area contributed by atoms with Crippen LogP contribution in [-0.2, 0) is 0 Å². The molecule has 2 nitrogen and oxygen atoms in total. The summed E-state index contributed by atoms with van der Waals surface area (Å²) in [5.41, 5.74) is 0.661. The molecule has 0 spiro atoms. The minimum atomic E-state index is -0.497. The molecule has 1 N–H and O–H groups in total. The predicted molar refractivity (Wildman–Crippen MR) is 74.9 cm³/mol. The van der Waals surface area contributed by atoms with Crippen LogP contribution in [0.3, 0.4) is 0 Å². The molecule has 1 heterocycles. The second-order valence-corrected chi connectivity index (χ2v) is 4.82. The summed E-state index contributed by atoms with van der Waals surface area (Å²) >= 11 is 5.83. The van der Waals surface area contributed by atoms with Crippen LogP contribution < -0.4 is 5.56 Å². The minimum Gasteiger partial charge on any atom is -0.328 e. The minimum absolute atomic E-state index is 0.232. The highest BCUT2D eigenvalue weighted by Crippen LogP contribution is 2.29. The van der Waals surface area contributed by atoms with E-state index in [2.05, 4.69) is 4.98 Å². The number of pyridine rings is 1. The van der Waals surface area contributed by atoms with Gasteiger partial charge in [-0.05, 0) is 47.3 Å². The van der Waals surface area contributed by atoms with Gasteiger partial charge in [0.25, 0.3) is 5.56 Å². The van der Waals surface area contributed by atoms with E-state index in [9.17, 15) is 13.6 Å². The van der Waals surface area contributed by atoms with Crippen LogP contribution >= 0.6 is 11.6 Å². The lowest BCUT2D eigenvalue weighted by molar-refractivity contribution is 0.628. The molecule has 5 heteroatoms. The first-order chi connectivity index (χ1) is 9.54. The summed E-state index contributed by atoms with van der Waals surface area (Å²) in [4.78, 5) is 14.3. The van der Waals surface area contributed by atoms with Crippen LogP contribution in [0, 0.1) is 11.6 Å². The fourth-order valence-corrected chi connectivity index (χ4v) is 2.40. The van der Waals surface area contributed by atoms with Crippen molar-refractivity contribution in [3.8, 4) is 11.1 Å². The van der Waals surface area contributed by atoms with Gasteiger partial charge in [-0.15, -0.1) is 0 Å². The normalized spacial score (nSPS) is 10.9. The number of rotatable bonds is 1. The molecule has 0 unspecified atom stereocenters. The van der Waals surface area contributed by atoms with E-state index in [4.69, 9.17) is 11.6 Å². The van der Waals surface area contributed by atoms with Crippen LogP contribution in [0.4, 0.5) is 8.78 Å². The number of aromatic nitrogens is 1. The third kappa shape index (κ3) is 2.18. The van der Waals surface area contributed by atoms with Crippen molar-refractivity contribution in [2.75, 3.05) is 0 Å². The molecule has 100 valence electrons. The Balaban J connectivity index is 2.39. The molecular formula is C15H8ClF2NO. The summed E-state index contributed by atoms with van der Waals surface area (Å²) in [5, 5.41) is 0.982. The molecular weight excluding hydrogens is 284 g/mol. The first kappa shape index (κ1) is 12.8. The Kier molecular flexibility index (Phi) is 3.03. The molecule has 3 aromatic rings. The van der Waals surface area contributed by atoms with Crippen molar-refractivity contribution in [3.63, 3.8) is 0 Å². The van der Waals surface area contributed by atoms with Gasteiger partial charge in [0.2, 0.25) is 0 Å². The first-order valence-electron chi connectivity index (χ1n) is 5.82. The third-order valence-corrected chi connectivity index (χ3v) is 3.26. The molecule has 1 aromatic heterocycles. The zero-order valence-electron chi connectivity index (χ0n) is 10.1. The van der Waals surface area contributed by atoms with Gasteiger partial charge in [0.1, 0.15) is 11.6 Å². The van der Waals surface area contributed by atoms with Gasteiger partial charge in [-0.3, -0.25) is 4.79 Å². The van der Waals surface area contributed by atoms with Crippen molar-refractivity contribution in [3.05, 3.63) is 69.6 Å². The Morgan fingerprint density at radius 2 is 1.75 bits per heavy atom. The van der Waals surface area contributed by atoms with Crippen molar-refractivity contribution in [2.45, 2.75) is 0 Å². The Morgan fingerprint density at radius 3 is 2.50 bits per heavy atom. The van der Waals surface area contributed by atoms with E-state index in [1.807, 2.05) is 0 Å². The number of aromatic amines is 1. The number of fused-ring (bicyclic) bond motifs is 1. The zero-order valence-corrected chi connectivity index (χ0v) is 10.8. The number of benzene rings is 2. The number of nitrogens with one attached hydrogen (secondary N) is 1. The summed E-state index contributed by atoms with van der Waals surface area (Å²) in [7, 11) is 0. The predicted octanol–water partition coefficient (Wildman–Crippen LogP) is 4.13. The number of halogens is 3. The topological polar surface area (TPSA) is 32.9 Å². The van der Waals surface area contributed by atoms with Gasteiger partial charge in [0.15, 0.2) is 0 Å². The molecule has 0 atom stereocenters. The van der Waals surface area contributed by atoms with Crippen molar-refractivity contribution in [1.29, 1.82) is 0 Å². The fraction of sp³-hybridized carbons (Fsp3) is 0. The third-order valence-electron chi connectivity index (χ3n) is 3.04.